The van der Waals surface area contributed by atoms with Crippen molar-refractivity contribution in [3.63, 3.8) is 0 Å². The van der Waals surface area contributed by atoms with Gasteiger partial charge in [0.25, 0.3) is 0 Å². The molecule has 0 saturated heterocycles. The van der Waals surface area contributed by atoms with Crippen molar-refractivity contribution in [2.45, 2.75) is 6.54 Å². The molecule has 0 amide bonds. The number of pyridine rings is 1. The second-order valence-electron chi connectivity index (χ2n) is 4.84. The van der Waals surface area contributed by atoms with E-state index in [0.717, 1.165) is 11.4 Å². The lowest BCUT2D eigenvalue weighted by Gasteiger charge is -1.92. The minimum absolute atomic E-state index is 0.967. The minimum atomic E-state index is 0.967. The van der Waals surface area contributed by atoms with E-state index in [1.165, 1.54) is 27.3 Å². The third-order valence-corrected chi connectivity index (χ3v) is 4.91. The molecule has 3 nitrogen and oxygen atoms in total. The third kappa shape index (κ3) is 1.12. The summed E-state index contributed by atoms with van der Waals surface area (Å²) in [5.74, 6) is 0. The zero-order valence-corrected chi connectivity index (χ0v) is 10.9. The first-order valence-corrected chi connectivity index (χ1v) is 7.10. The van der Waals surface area contributed by atoms with Gasteiger partial charge in [-0.2, -0.15) is 4.40 Å². The summed E-state index contributed by atoms with van der Waals surface area (Å²) in [6.45, 7) is 0.967. The fraction of sp³-hybridized carbons (Fsp3) is 0.0667. The van der Waals surface area contributed by atoms with E-state index in [2.05, 4.69) is 50.5 Å². The van der Waals surface area contributed by atoms with Gasteiger partial charge in [-0.15, -0.1) is 0 Å². The maximum atomic E-state index is 4.45. The zero-order chi connectivity index (χ0) is 12.4. The molecule has 0 unspecified atom stereocenters. The lowest BCUT2D eigenvalue weighted by molar-refractivity contribution is -0.476. The molecule has 0 aliphatic carbocycles. The van der Waals surface area contributed by atoms with Crippen molar-refractivity contribution in [2.75, 3.05) is 0 Å². The van der Waals surface area contributed by atoms with Crippen LogP contribution in [0.1, 0.15) is 5.56 Å². The molecule has 0 bridgehead atoms. The highest BCUT2D eigenvalue weighted by Gasteiger charge is 2.30. The Kier molecular flexibility index (Phi) is 1.64. The van der Waals surface area contributed by atoms with Crippen molar-refractivity contribution in [3.05, 3.63) is 54.4 Å². The van der Waals surface area contributed by atoms with Crippen LogP contribution in [0.15, 0.2) is 48.8 Å². The van der Waals surface area contributed by atoms with E-state index in [4.69, 9.17) is 0 Å². The first kappa shape index (κ1) is 9.69. The van der Waals surface area contributed by atoms with Gasteiger partial charge in [0.15, 0.2) is 16.0 Å². The van der Waals surface area contributed by atoms with E-state index < -0.39 is 0 Å². The van der Waals surface area contributed by atoms with E-state index in [0.29, 0.717) is 0 Å². The molecular formula is C15H10N3S+. The molecular weight excluding hydrogens is 254 g/mol. The number of hydrogen-bond acceptors (Lipinski definition) is 2. The zero-order valence-electron chi connectivity index (χ0n) is 10.1. The van der Waals surface area contributed by atoms with Crippen LogP contribution < -0.4 is 4.40 Å². The second-order valence-corrected chi connectivity index (χ2v) is 5.80. The lowest BCUT2D eigenvalue weighted by atomic mass is 10.1. The highest BCUT2D eigenvalue weighted by Crippen LogP contribution is 2.34. The molecule has 1 aliphatic heterocycles. The molecule has 0 saturated carbocycles. The fourth-order valence-electron chi connectivity index (χ4n) is 2.93. The molecule has 4 heteroatoms. The van der Waals surface area contributed by atoms with Crippen molar-refractivity contribution >= 4 is 26.6 Å². The van der Waals surface area contributed by atoms with Gasteiger partial charge in [0.2, 0.25) is 0 Å². The average molecular weight is 264 g/mol. The standard InChI is InChI=1S/C15H10N3S/c1-2-5-11-10(4-1)8-17-13(11)9-18-12-6-3-7-16-14(12)19-15(17)18/h1-7,9H,8H2/q+1. The SMILES string of the molecule is c1ccc2c(c1)Cn1c-2c[n+]2c3cccnc3sc12. The number of hydrogen-bond donors (Lipinski definition) is 0. The van der Waals surface area contributed by atoms with Crippen LogP contribution in [0.2, 0.25) is 0 Å². The highest BCUT2D eigenvalue weighted by molar-refractivity contribution is 7.22. The van der Waals surface area contributed by atoms with E-state index in [9.17, 15) is 0 Å². The summed E-state index contributed by atoms with van der Waals surface area (Å²) in [7, 11) is 0. The monoisotopic (exact) mass is 264 g/mol. The Bertz CT molecular complexity index is 949. The maximum Gasteiger partial charge on any atom is 0.349 e. The van der Waals surface area contributed by atoms with Crippen molar-refractivity contribution in [2.24, 2.45) is 0 Å². The Balaban J connectivity index is 1.93. The quantitative estimate of drug-likeness (QED) is 0.394. The van der Waals surface area contributed by atoms with Gasteiger partial charge in [-0.3, -0.25) is 0 Å². The second kappa shape index (κ2) is 3.22. The number of aromatic nitrogens is 3. The Morgan fingerprint density at radius 3 is 3.11 bits per heavy atom. The Morgan fingerprint density at radius 1 is 1.16 bits per heavy atom. The van der Waals surface area contributed by atoms with Crippen LogP contribution in [0.3, 0.4) is 0 Å². The first-order chi connectivity index (χ1) is 9.42. The molecule has 1 aromatic carbocycles. The number of benzene rings is 1. The maximum absolute atomic E-state index is 4.45. The molecule has 90 valence electrons. The molecule has 3 aromatic heterocycles. The first-order valence-electron chi connectivity index (χ1n) is 6.28. The number of nitrogens with zero attached hydrogens (tertiary/aromatic N) is 3. The van der Waals surface area contributed by atoms with Crippen LogP contribution in [0.25, 0.3) is 26.6 Å². The van der Waals surface area contributed by atoms with Gasteiger partial charge in [-0.05, 0) is 23.5 Å². The molecule has 5 rings (SSSR count). The van der Waals surface area contributed by atoms with E-state index in [-0.39, 0.29) is 0 Å². The van der Waals surface area contributed by atoms with Crippen LogP contribution in [-0.2, 0) is 6.54 Å². The fourth-order valence-corrected chi connectivity index (χ4v) is 4.01. The number of imidazole rings is 1. The summed E-state index contributed by atoms with van der Waals surface area (Å²) in [5.41, 5.74) is 5.27. The summed E-state index contributed by atoms with van der Waals surface area (Å²) in [6.07, 6.45) is 4.10. The molecule has 0 N–H and O–H groups in total. The predicted molar refractivity (Wildman–Crippen MR) is 75.3 cm³/mol. The van der Waals surface area contributed by atoms with Gasteiger partial charge in [-0.25, -0.2) is 9.55 Å². The molecule has 1 aliphatic rings. The summed E-state index contributed by atoms with van der Waals surface area (Å²) in [5, 5.41) is 0. The van der Waals surface area contributed by atoms with E-state index in [1.807, 2.05) is 12.3 Å². The molecule has 4 aromatic rings. The third-order valence-electron chi connectivity index (χ3n) is 3.80. The largest absolute Gasteiger partial charge is 0.349 e. The Hall–Kier alpha value is -2.20. The minimum Gasteiger partial charge on any atom is -0.241 e. The van der Waals surface area contributed by atoms with Crippen LogP contribution in [0, 0.1) is 0 Å². The van der Waals surface area contributed by atoms with E-state index >= 15 is 0 Å². The molecule has 0 radical (unpaired) electrons. The molecule has 0 atom stereocenters. The summed E-state index contributed by atoms with van der Waals surface area (Å²) >= 11 is 1.76. The number of rotatable bonds is 0. The van der Waals surface area contributed by atoms with Crippen molar-refractivity contribution in [1.29, 1.82) is 0 Å². The van der Waals surface area contributed by atoms with E-state index in [1.54, 1.807) is 11.3 Å². The average Bonchev–Trinajstić information content (AvgIpc) is 3.07. The van der Waals surface area contributed by atoms with Crippen LogP contribution in [0.4, 0.5) is 0 Å². The van der Waals surface area contributed by atoms with Gasteiger partial charge < -0.3 is 0 Å². The Morgan fingerprint density at radius 2 is 2.11 bits per heavy atom. The topological polar surface area (TPSA) is 21.9 Å². The molecule has 0 fully saturated rings. The highest BCUT2D eigenvalue weighted by atomic mass is 32.1. The summed E-state index contributed by atoms with van der Waals surface area (Å²) in [4.78, 5) is 6.81. The smallest absolute Gasteiger partial charge is 0.241 e. The van der Waals surface area contributed by atoms with Gasteiger partial charge in [0, 0.05) is 17.3 Å². The number of fused-ring (bicyclic) bond motifs is 7. The van der Waals surface area contributed by atoms with Gasteiger partial charge in [-0.1, -0.05) is 24.3 Å². The normalized spacial score (nSPS) is 13.1. The number of thiazole rings is 1. The Labute approximate surface area is 113 Å². The molecule has 4 heterocycles. The lowest BCUT2D eigenvalue weighted by Crippen LogP contribution is -2.16. The molecule has 19 heavy (non-hydrogen) atoms. The van der Waals surface area contributed by atoms with Crippen LogP contribution in [-0.4, -0.2) is 9.55 Å². The molecule has 0 spiro atoms. The van der Waals surface area contributed by atoms with Crippen molar-refractivity contribution in [3.8, 4) is 11.3 Å². The summed E-state index contributed by atoms with van der Waals surface area (Å²) in [6, 6.07) is 12.8. The summed E-state index contributed by atoms with van der Waals surface area (Å²) < 4.78 is 4.65. The van der Waals surface area contributed by atoms with Crippen molar-refractivity contribution < 1.29 is 4.40 Å². The van der Waals surface area contributed by atoms with Gasteiger partial charge in [0.1, 0.15) is 12.7 Å². The predicted octanol–water partition coefficient (Wildman–Crippen LogP) is 2.87. The van der Waals surface area contributed by atoms with Gasteiger partial charge in [0.05, 0.1) is 0 Å². The van der Waals surface area contributed by atoms with Crippen molar-refractivity contribution in [1.82, 2.24) is 9.55 Å². The van der Waals surface area contributed by atoms with Gasteiger partial charge >= 0.3 is 4.96 Å². The van der Waals surface area contributed by atoms with Crippen LogP contribution in [0.5, 0.6) is 0 Å². The van der Waals surface area contributed by atoms with Crippen LogP contribution >= 0.6 is 11.3 Å².